The number of rotatable bonds is 4. The molecule has 93 valence electrons. The molecule has 17 heavy (non-hydrogen) atoms. The molecule has 0 bridgehead atoms. The first-order chi connectivity index (χ1) is 7.31. The monoisotopic (exact) mass is 392 g/mol. The molecule has 4 nitrogen and oxygen atoms in total. The van der Waals surface area contributed by atoms with Crippen molar-refractivity contribution in [3.63, 3.8) is 0 Å². The van der Waals surface area contributed by atoms with Crippen LogP contribution in [0.2, 0.25) is 19.6 Å². The van der Waals surface area contributed by atoms with E-state index < -0.39 is 8.32 Å². The topological polar surface area (TPSA) is 55.0 Å². The Morgan fingerprint density at radius 3 is 2.53 bits per heavy atom. The average molecular weight is 393 g/mol. The summed E-state index contributed by atoms with van der Waals surface area (Å²) in [5, 5.41) is 0. The van der Waals surface area contributed by atoms with E-state index in [9.17, 15) is 4.79 Å². The van der Waals surface area contributed by atoms with E-state index in [0.29, 0.717) is 17.6 Å². The van der Waals surface area contributed by atoms with Gasteiger partial charge in [-0.15, -0.1) is 0 Å². The second-order valence-corrected chi connectivity index (χ2v) is 9.85. The van der Waals surface area contributed by atoms with Gasteiger partial charge in [-0.05, 0) is 48.2 Å². The zero-order valence-electron chi connectivity index (χ0n) is 10.3. The molecule has 0 atom stereocenters. The van der Waals surface area contributed by atoms with Crippen LogP contribution in [0, 0.1) is 0 Å². The first kappa shape index (κ1) is 17.5. The number of nitrogens with one attached hydrogen (secondary N) is 1. The van der Waals surface area contributed by atoms with Crippen molar-refractivity contribution < 1.29 is 37.1 Å². The molecule has 0 saturated heterocycles. The first-order valence-corrected chi connectivity index (χ1v) is 9.26. The van der Waals surface area contributed by atoms with Gasteiger partial charge in [0, 0.05) is 39.3 Å². The number of hydrogen-bond acceptors (Lipinski definition) is 2. The molecule has 1 N–H and O–H groups in total. The SMILES string of the molecule is C[Si](C)(C)OCCn1c([NH-])ccc(Br)c1=O.[Y]. The molecule has 0 amide bonds. The Morgan fingerprint density at radius 1 is 1.41 bits per heavy atom. The van der Waals surface area contributed by atoms with Crippen molar-refractivity contribution in [3.05, 3.63) is 32.7 Å². The Hall–Kier alpha value is 0.511. The summed E-state index contributed by atoms with van der Waals surface area (Å²) in [4.78, 5) is 11.7. The van der Waals surface area contributed by atoms with E-state index in [0.717, 1.165) is 0 Å². The van der Waals surface area contributed by atoms with Gasteiger partial charge in [0.25, 0.3) is 0 Å². The van der Waals surface area contributed by atoms with Gasteiger partial charge in [0.1, 0.15) is 0 Å². The van der Waals surface area contributed by atoms with Crippen molar-refractivity contribution in [2.75, 3.05) is 6.61 Å². The van der Waals surface area contributed by atoms with Crippen LogP contribution in [0.4, 0.5) is 5.82 Å². The Balaban J connectivity index is 0.00000256. The molecule has 7 heteroatoms. The zero-order valence-corrected chi connectivity index (χ0v) is 15.7. The number of aromatic nitrogens is 1. The van der Waals surface area contributed by atoms with E-state index in [1.165, 1.54) is 4.57 Å². The summed E-state index contributed by atoms with van der Waals surface area (Å²) < 4.78 is 7.55. The maximum absolute atomic E-state index is 11.7. The zero-order chi connectivity index (χ0) is 12.3. The van der Waals surface area contributed by atoms with Gasteiger partial charge >= 0.3 is 0 Å². The molecule has 0 spiro atoms. The maximum atomic E-state index is 11.7. The Labute approximate surface area is 136 Å². The van der Waals surface area contributed by atoms with Gasteiger partial charge in [-0.25, -0.2) is 0 Å². The number of halogens is 1. The molecule has 0 unspecified atom stereocenters. The van der Waals surface area contributed by atoms with Crippen molar-refractivity contribution in [2.24, 2.45) is 0 Å². The molecule has 0 saturated carbocycles. The van der Waals surface area contributed by atoms with Crippen LogP contribution in [-0.2, 0) is 43.7 Å². The fraction of sp³-hybridized carbons (Fsp3) is 0.500. The predicted molar refractivity (Wildman–Crippen MR) is 71.7 cm³/mol. The fourth-order valence-electron chi connectivity index (χ4n) is 1.22. The van der Waals surface area contributed by atoms with Crippen LogP contribution in [0.25, 0.3) is 5.73 Å². The maximum Gasteiger partial charge on any atom is 0.185 e. The third-order valence-electron chi connectivity index (χ3n) is 1.98. The van der Waals surface area contributed by atoms with Gasteiger partial charge in [-0.2, -0.15) is 0 Å². The van der Waals surface area contributed by atoms with Crippen LogP contribution in [0.5, 0.6) is 0 Å². The van der Waals surface area contributed by atoms with Crippen LogP contribution in [0.15, 0.2) is 21.4 Å². The van der Waals surface area contributed by atoms with E-state index in [-0.39, 0.29) is 44.1 Å². The largest absolute Gasteiger partial charge is 0.482 e. The van der Waals surface area contributed by atoms with Crippen LogP contribution in [-0.4, -0.2) is 19.5 Å². The third kappa shape index (κ3) is 5.79. The molecule has 0 aliphatic heterocycles. The van der Waals surface area contributed by atoms with E-state index >= 15 is 0 Å². The standard InChI is InChI=1S/C10H17BrN2O2Si.Y/c1-16(2,3)15-7-6-13-9(12)5-4-8(11)10(13)14;/h4-5H,6-7H2,1-3H3,(H2,12,14);/p-1. The van der Waals surface area contributed by atoms with E-state index in [1.807, 2.05) is 0 Å². The molecule has 0 fully saturated rings. The minimum atomic E-state index is -1.55. The van der Waals surface area contributed by atoms with Crippen molar-refractivity contribution >= 4 is 30.1 Å². The van der Waals surface area contributed by atoms with E-state index in [2.05, 4.69) is 35.6 Å². The summed E-state index contributed by atoms with van der Waals surface area (Å²) in [5.74, 6) is 0.215. The average Bonchev–Trinajstić information content (AvgIpc) is 2.16. The molecular formula is C10H16BrN2O2SiY-. The second-order valence-electron chi connectivity index (χ2n) is 4.48. The summed E-state index contributed by atoms with van der Waals surface area (Å²) in [6.07, 6.45) is 0. The minimum absolute atomic E-state index is 0. The molecular weight excluding hydrogens is 377 g/mol. The van der Waals surface area contributed by atoms with Crippen molar-refractivity contribution in [1.82, 2.24) is 4.57 Å². The normalized spacial score (nSPS) is 11.1. The minimum Gasteiger partial charge on any atom is -0.482 e. The first-order valence-electron chi connectivity index (χ1n) is 5.06. The van der Waals surface area contributed by atoms with Crippen molar-refractivity contribution in [1.29, 1.82) is 0 Å². The Bertz CT molecular complexity index is 431. The third-order valence-corrected chi connectivity index (χ3v) is 3.65. The number of nitrogens with zero attached hydrogens (tertiary/aromatic N) is 1. The molecule has 1 rings (SSSR count). The smallest absolute Gasteiger partial charge is 0.185 e. The van der Waals surface area contributed by atoms with Gasteiger partial charge in [-0.1, -0.05) is 11.9 Å². The molecule has 0 aliphatic rings. The summed E-state index contributed by atoms with van der Waals surface area (Å²) in [6, 6.07) is 3.19. The van der Waals surface area contributed by atoms with Gasteiger partial charge in [0.05, 0.1) is 4.47 Å². The molecule has 0 aliphatic carbocycles. The summed E-state index contributed by atoms with van der Waals surface area (Å²) >= 11 is 3.16. The molecule has 0 aromatic carbocycles. The van der Waals surface area contributed by atoms with Crippen LogP contribution < -0.4 is 5.56 Å². The molecule has 1 heterocycles. The fourth-order valence-corrected chi connectivity index (χ4v) is 2.27. The van der Waals surface area contributed by atoms with E-state index in [4.69, 9.17) is 10.2 Å². The van der Waals surface area contributed by atoms with Crippen LogP contribution in [0.1, 0.15) is 0 Å². The van der Waals surface area contributed by atoms with Gasteiger partial charge in [0.2, 0.25) is 0 Å². The summed E-state index contributed by atoms with van der Waals surface area (Å²) in [5.41, 5.74) is 7.47. The van der Waals surface area contributed by atoms with E-state index in [1.54, 1.807) is 12.1 Å². The van der Waals surface area contributed by atoms with Gasteiger partial charge in [-0.3, -0.25) is 4.79 Å². The molecule has 1 radical (unpaired) electrons. The quantitative estimate of drug-likeness (QED) is 0.739. The number of hydrogen-bond donors (Lipinski definition) is 0. The van der Waals surface area contributed by atoms with Crippen molar-refractivity contribution in [3.8, 4) is 0 Å². The van der Waals surface area contributed by atoms with Crippen LogP contribution in [0.3, 0.4) is 0 Å². The summed E-state index contributed by atoms with van der Waals surface area (Å²) in [6.45, 7) is 7.20. The summed E-state index contributed by atoms with van der Waals surface area (Å²) in [7, 11) is -1.55. The van der Waals surface area contributed by atoms with Crippen molar-refractivity contribution in [2.45, 2.75) is 26.2 Å². The predicted octanol–water partition coefficient (Wildman–Crippen LogP) is 3.14. The Morgan fingerprint density at radius 2 is 2.00 bits per heavy atom. The van der Waals surface area contributed by atoms with Gasteiger partial charge in [0.15, 0.2) is 13.9 Å². The second kappa shape index (κ2) is 7.19. The molecule has 1 aromatic rings. The van der Waals surface area contributed by atoms with Crippen LogP contribution >= 0.6 is 15.9 Å². The molecule has 1 aromatic heterocycles. The number of pyridine rings is 1. The Kier molecular flexibility index (Phi) is 7.40. The van der Waals surface area contributed by atoms with Gasteiger partial charge < -0.3 is 14.7 Å².